The molecule has 1 amide bonds. The highest BCUT2D eigenvalue weighted by Gasteiger charge is 2.25. The molecule has 110 valence electrons. The van der Waals surface area contributed by atoms with Gasteiger partial charge < -0.3 is 9.64 Å². The van der Waals surface area contributed by atoms with Crippen LogP contribution in [0.15, 0.2) is 36.8 Å². The molecule has 0 saturated carbocycles. The highest BCUT2D eigenvalue weighted by molar-refractivity contribution is 5.93. The van der Waals surface area contributed by atoms with E-state index >= 15 is 0 Å². The second-order valence-corrected chi connectivity index (χ2v) is 5.06. The lowest BCUT2D eigenvalue weighted by atomic mass is 10.2. The van der Waals surface area contributed by atoms with Crippen molar-refractivity contribution >= 4 is 5.91 Å². The first-order valence-electron chi connectivity index (χ1n) is 6.84. The zero-order valence-corrected chi connectivity index (χ0v) is 11.7. The standard InChI is InChI=1S/C15H16FN3O2/c1-11-9-18(6-7-21-11)15(20)14-8-17-10-19(14)13-4-2-12(16)3-5-13/h2-5,8,10-11H,6-7,9H2,1H3/t11-/m1/s1. The molecule has 0 unspecified atom stereocenters. The maximum atomic E-state index is 13.0. The Kier molecular flexibility index (Phi) is 3.70. The van der Waals surface area contributed by atoms with Crippen molar-refractivity contribution in [3.05, 3.63) is 48.3 Å². The van der Waals surface area contributed by atoms with E-state index in [4.69, 9.17) is 4.74 Å². The predicted molar refractivity (Wildman–Crippen MR) is 74.8 cm³/mol. The van der Waals surface area contributed by atoms with Gasteiger partial charge in [0.1, 0.15) is 11.5 Å². The van der Waals surface area contributed by atoms with Crippen molar-refractivity contribution < 1.29 is 13.9 Å². The molecule has 1 atom stereocenters. The van der Waals surface area contributed by atoms with E-state index in [0.29, 0.717) is 31.1 Å². The van der Waals surface area contributed by atoms with Crippen LogP contribution in [-0.4, -0.2) is 46.2 Å². The minimum absolute atomic E-state index is 0.0323. The summed E-state index contributed by atoms with van der Waals surface area (Å²) in [5.41, 5.74) is 1.18. The second-order valence-electron chi connectivity index (χ2n) is 5.06. The highest BCUT2D eigenvalue weighted by atomic mass is 19.1. The average Bonchev–Trinajstić information content (AvgIpc) is 2.96. The molecular formula is C15H16FN3O2. The van der Waals surface area contributed by atoms with E-state index in [1.165, 1.54) is 18.3 Å². The van der Waals surface area contributed by atoms with Crippen LogP contribution in [0.5, 0.6) is 0 Å². The van der Waals surface area contributed by atoms with Crippen molar-refractivity contribution in [2.75, 3.05) is 19.7 Å². The van der Waals surface area contributed by atoms with Crippen LogP contribution in [0.25, 0.3) is 5.69 Å². The molecule has 1 aliphatic rings. The highest BCUT2D eigenvalue weighted by Crippen LogP contribution is 2.15. The molecule has 0 bridgehead atoms. The quantitative estimate of drug-likeness (QED) is 0.848. The van der Waals surface area contributed by atoms with Crippen LogP contribution in [0.4, 0.5) is 4.39 Å². The van der Waals surface area contributed by atoms with Gasteiger partial charge in [-0.1, -0.05) is 0 Å². The molecule has 21 heavy (non-hydrogen) atoms. The van der Waals surface area contributed by atoms with Crippen molar-refractivity contribution in [2.45, 2.75) is 13.0 Å². The van der Waals surface area contributed by atoms with E-state index in [9.17, 15) is 9.18 Å². The lowest BCUT2D eigenvalue weighted by Crippen LogP contribution is -2.45. The third-order valence-electron chi connectivity index (χ3n) is 3.49. The molecule has 1 aliphatic heterocycles. The molecule has 0 spiro atoms. The predicted octanol–water partition coefficient (Wildman–Crippen LogP) is 1.87. The minimum atomic E-state index is -0.311. The summed E-state index contributed by atoms with van der Waals surface area (Å²) in [6.45, 7) is 3.61. The van der Waals surface area contributed by atoms with Crippen molar-refractivity contribution in [3.8, 4) is 5.69 Å². The number of nitrogens with zero attached hydrogens (tertiary/aromatic N) is 3. The van der Waals surface area contributed by atoms with Crippen LogP contribution in [-0.2, 0) is 4.74 Å². The minimum Gasteiger partial charge on any atom is -0.375 e. The summed E-state index contributed by atoms with van der Waals surface area (Å²) in [6, 6.07) is 5.96. The summed E-state index contributed by atoms with van der Waals surface area (Å²) in [4.78, 5) is 18.4. The van der Waals surface area contributed by atoms with E-state index in [-0.39, 0.29) is 17.8 Å². The zero-order chi connectivity index (χ0) is 14.8. The molecule has 0 radical (unpaired) electrons. The molecule has 1 fully saturated rings. The van der Waals surface area contributed by atoms with Crippen molar-refractivity contribution in [2.24, 2.45) is 0 Å². The molecule has 2 heterocycles. The van der Waals surface area contributed by atoms with Crippen LogP contribution < -0.4 is 0 Å². The first-order valence-corrected chi connectivity index (χ1v) is 6.84. The lowest BCUT2D eigenvalue weighted by molar-refractivity contribution is -0.0127. The van der Waals surface area contributed by atoms with Crippen LogP contribution in [0.2, 0.25) is 0 Å². The van der Waals surface area contributed by atoms with Gasteiger partial charge in [-0.25, -0.2) is 9.37 Å². The first-order chi connectivity index (χ1) is 10.1. The molecule has 1 aromatic heterocycles. The third-order valence-corrected chi connectivity index (χ3v) is 3.49. The largest absolute Gasteiger partial charge is 0.375 e. The first kappa shape index (κ1) is 13.8. The van der Waals surface area contributed by atoms with Gasteiger partial charge >= 0.3 is 0 Å². The molecule has 1 saturated heterocycles. The number of morpholine rings is 1. The number of carbonyl (C=O) groups is 1. The molecule has 2 aromatic rings. The van der Waals surface area contributed by atoms with E-state index in [0.717, 1.165) is 0 Å². The molecular weight excluding hydrogens is 273 g/mol. The summed E-state index contributed by atoms with van der Waals surface area (Å²) in [5, 5.41) is 0. The Morgan fingerprint density at radius 2 is 2.14 bits per heavy atom. The summed E-state index contributed by atoms with van der Waals surface area (Å²) >= 11 is 0. The Bertz CT molecular complexity index is 639. The topological polar surface area (TPSA) is 47.4 Å². The number of rotatable bonds is 2. The number of imidazole rings is 1. The number of amides is 1. The summed E-state index contributed by atoms with van der Waals surface area (Å²) in [6.07, 6.45) is 3.13. The number of hydrogen-bond donors (Lipinski definition) is 0. The smallest absolute Gasteiger partial charge is 0.272 e. The monoisotopic (exact) mass is 289 g/mol. The average molecular weight is 289 g/mol. The SMILES string of the molecule is C[C@@H]1CN(C(=O)c2cncn2-c2ccc(F)cc2)CCO1. The van der Waals surface area contributed by atoms with Crippen molar-refractivity contribution in [1.29, 1.82) is 0 Å². The maximum absolute atomic E-state index is 13.0. The number of carbonyl (C=O) groups excluding carboxylic acids is 1. The maximum Gasteiger partial charge on any atom is 0.272 e. The van der Waals surface area contributed by atoms with Crippen molar-refractivity contribution in [1.82, 2.24) is 14.5 Å². The summed E-state index contributed by atoms with van der Waals surface area (Å²) in [5.74, 6) is -0.402. The summed E-state index contributed by atoms with van der Waals surface area (Å²) < 4.78 is 20.1. The fraction of sp³-hybridized carbons (Fsp3) is 0.333. The van der Waals surface area contributed by atoms with Gasteiger partial charge in [0.2, 0.25) is 0 Å². The van der Waals surface area contributed by atoms with E-state index in [1.54, 1.807) is 27.9 Å². The Balaban J connectivity index is 1.88. The number of aromatic nitrogens is 2. The van der Waals surface area contributed by atoms with Gasteiger partial charge in [-0.2, -0.15) is 0 Å². The Morgan fingerprint density at radius 1 is 1.38 bits per heavy atom. The van der Waals surface area contributed by atoms with Gasteiger partial charge in [0, 0.05) is 18.8 Å². The zero-order valence-electron chi connectivity index (χ0n) is 11.7. The fourth-order valence-corrected chi connectivity index (χ4v) is 2.43. The number of halogens is 1. The number of ether oxygens (including phenoxy) is 1. The Hall–Kier alpha value is -2.21. The normalized spacial score (nSPS) is 18.8. The molecule has 6 heteroatoms. The Morgan fingerprint density at radius 3 is 2.86 bits per heavy atom. The molecule has 0 N–H and O–H groups in total. The second kappa shape index (κ2) is 5.65. The molecule has 1 aromatic carbocycles. The van der Waals surface area contributed by atoms with Crippen LogP contribution in [0.3, 0.4) is 0 Å². The van der Waals surface area contributed by atoms with Crippen LogP contribution in [0.1, 0.15) is 17.4 Å². The molecule has 0 aliphatic carbocycles. The van der Waals surface area contributed by atoms with Gasteiger partial charge in [0.25, 0.3) is 5.91 Å². The number of hydrogen-bond acceptors (Lipinski definition) is 3. The Labute approximate surface area is 122 Å². The molecule has 3 rings (SSSR count). The van der Waals surface area contributed by atoms with Gasteiger partial charge in [0.15, 0.2) is 0 Å². The molecule has 5 nitrogen and oxygen atoms in total. The van der Waals surface area contributed by atoms with E-state index < -0.39 is 0 Å². The van der Waals surface area contributed by atoms with Gasteiger partial charge in [-0.15, -0.1) is 0 Å². The van der Waals surface area contributed by atoms with Gasteiger partial charge in [-0.05, 0) is 31.2 Å². The van der Waals surface area contributed by atoms with E-state index in [1.807, 2.05) is 6.92 Å². The summed E-state index contributed by atoms with van der Waals surface area (Å²) in [7, 11) is 0. The van der Waals surface area contributed by atoms with Crippen LogP contribution >= 0.6 is 0 Å². The van der Waals surface area contributed by atoms with Gasteiger partial charge in [-0.3, -0.25) is 9.36 Å². The number of benzene rings is 1. The third kappa shape index (κ3) is 2.80. The van der Waals surface area contributed by atoms with Crippen molar-refractivity contribution in [3.63, 3.8) is 0 Å². The fourth-order valence-electron chi connectivity index (χ4n) is 2.43. The van der Waals surface area contributed by atoms with Gasteiger partial charge in [0.05, 0.1) is 25.2 Å². The lowest BCUT2D eigenvalue weighted by Gasteiger charge is -2.31. The van der Waals surface area contributed by atoms with E-state index in [2.05, 4.69) is 4.98 Å². The van der Waals surface area contributed by atoms with Crippen LogP contribution in [0, 0.1) is 5.82 Å².